The molecule has 0 aliphatic heterocycles. The van der Waals surface area contributed by atoms with E-state index >= 15 is 0 Å². The molecule has 0 heterocycles. The van der Waals surface area contributed by atoms with Gasteiger partial charge in [0.2, 0.25) is 0 Å². The van der Waals surface area contributed by atoms with Gasteiger partial charge in [-0.2, -0.15) is 0 Å². The molecule has 0 aliphatic rings. The van der Waals surface area contributed by atoms with Crippen LogP contribution in [0.1, 0.15) is 10.4 Å². The highest BCUT2D eigenvalue weighted by Gasteiger charge is 2.14. The minimum Gasteiger partial charge on any atom is -0.321 e. The monoisotopic (exact) mass is 409 g/mol. The quantitative estimate of drug-likeness (QED) is 0.695. The lowest BCUT2D eigenvalue weighted by molar-refractivity contribution is 0.102. The minimum absolute atomic E-state index is 0.0660. The van der Waals surface area contributed by atoms with Crippen molar-refractivity contribution < 1.29 is 9.18 Å². The van der Waals surface area contributed by atoms with Gasteiger partial charge in [-0.3, -0.25) is 4.79 Å². The maximum atomic E-state index is 13.3. The van der Waals surface area contributed by atoms with Crippen LogP contribution in [0.2, 0.25) is 10.0 Å². The van der Waals surface area contributed by atoms with Crippen LogP contribution in [0.4, 0.5) is 10.1 Å². The molecule has 0 aromatic heterocycles. The number of rotatable bonds is 2. The molecule has 0 atom stereocenters. The molecule has 2 nitrogen and oxygen atoms in total. The van der Waals surface area contributed by atoms with Crippen molar-refractivity contribution in [2.45, 2.75) is 0 Å². The second-order valence-electron chi connectivity index (χ2n) is 3.68. The second-order valence-corrected chi connectivity index (χ2v) is 5.71. The minimum atomic E-state index is -0.636. The van der Waals surface area contributed by atoms with Gasteiger partial charge in [0.15, 0.2) is 0 Å². The van der Waals surface area contributed by atoms with E-state index in [1.807, 2.05) is 0 Å². The van der Waals surface area contributed by atoms with Gasteiger partial charge in [0.05, 0.1) is 21.3 Å². The summed E-state index contributed by atoms with van der Waals surface area (Å²) in [6, 6.07) is 9.25. The van der Waals surface area contributed by atoms with Crippen molar-refractivity contribution in [1.29, 1.82) is 0 Å². The van der Waals surface area contributed by atoms with E-state index in [1.54, 1.807) is 18.2 Å². The Morgan fingerprint density at radius 3 is 2.63 bits per heavy atom. The molecule has 0 bridgehead atoms. The van der Waals surface area contributed by atoms with Crippen LogP contribution >= 0.6 is 45.8 Å². The van der Waals surface area contributed by atoms with Gasteiger partial charge in [-0.15, -0.1) is 0 Å². The molecular formula is C13H7Cl2FINO. The summed E-state index contributed by atoms with van der Waals surface area (Å²) in [6.07, 6.45) is 0. The maximum absolute atomic E-state index is 13.3. The van der Waals surface area contributed by atoms with Gasteiger partial charge >= 0.3 is 0 Å². The molecule has 0 fully saturated rings. The van der Waals surface area contributed by atoms with E-state index in [-0.39, 0.29) is 10.6 Å². The summed E-state index contributed by atoms with van der Waals surface area (Å²) in [5.41, 5.74) is 0.517. The lowest BCUT2D eigenvalue weighted by Crippen LogP contribution is -2.13. The van der Waals surface area contributed by atoms with E-state index in [4.69, 9.17) is 23.2 Å². The Labute approximate surface area is 133 Å². The van der Waals surface area contributed by atoms with Crippen LogP contribution in [0.3, 0.4) is 0 Å². The number of carbonyl (C=O) groups excluding carboxylic acids is 1. The molecule has 19 heavy (non-hydrogen) atoms. The third-order valence-electron chi connectivity index (χ3n) is 2.38. The zero-order chi connectivity index (χ0) is 14.0. The normalized spacial score (nSPS) is 10.3. The Morgan fingerprint density at radius 2 is 1.95 bits per heavy atom. The molecule has 0 radical (unpaired) electrons. The number of nitrogens with one attached hydrogen (secondary N) is 1. The summed E-state index contributed by atoms with van der Waals surface area (Å²) in [4.78, 5) is 12.0. The Kier molecular flexibility index (Phi) is 4.65. The van der Waals surface area contributed by atoms with Gasteiger partial charge in [0.1, 0.15) is 5.82 Å². The number of carbonyl (C=O) groups is 1. The molecule has 1 amide bonds. The zero-order valence-corrected chi connectivity index (χ0v) is 13.1. The van der Waals surface area contributed by atoms with Crippen molar-refractivity contribution in [3.63, 3.8) is 0 Å². The summed E-state index contributed by atoms with van der Waals surface area (Å²) in [7, 11) is 0. The first kappa shape index (κ1) is 14.6. The van der Waals surface area contributed by atoms with Crippen molar-refractivity contribution in [2.24, 2.45) is 0 Å². The topological polar surface area (TPSA) is 29.1 Å². The van der Waals surface area contributed by atoms with Crippen molar-refractivity contribution in [2.75, 3.05) is 5.32 Å². The molecule has 98 valence electrons. The Bertz CT molecular complexity index is 649. The predicted octanol–water partition coefficient (Wildman–Crippen LogP) is 4.99. The van der Waals surface area contributed by atoms with Crippen LogP contribution in [-0.4, -0.2) is 5.91 Å². The van der Waals surface area contributed by atoms with E-state index in [1.165, 1.54) is 18.2 Å². The SMILES string of the molecule is O=C(Nc1ccc(I)cc1Cl)c1cccc(F)c1Cl. The molecule has 2 rings (SSSR count). The second kappa shape index (κ2) is 6.07. The fraction of sp³-hybridized carbons (Fsp3) is 0. The van der Waals surface area contributed by atoms with Crippen molar-refractivity contribution in [3.8, 4) is 0 Å². The molecular weight excluding hydrogens is 403 g/mol. The molecule has 0 saturated carbocycles. The predicted molar refractivity (Wildman–Crippen MR) is 83.5 cm³/mol. The first-order valence-corrected chi connectivity index (χ1v) is 7.03. The van der Waals surface area contributed by atoms with Gasteiger partial charge in [-0.1, -0.05) is 29.3 Å². The molecule has 0 spiro atoms. The molecule has 1 N–H and O–H groups in total. The zero-order valence-electron chi connectivity index (χ0n) is 9.38. The smallest absolute Gasteiger partial charge is 0.257 e. The standard InChI is InChI=1S/C13H7Cl2FINO/c14-9-6-7(17)4-5-11(9)18-13(19)8-2-1-3-10(16)12(8)15/h1-6H,(H,18,19). The van der Waals surface area contributed by atoms with Gasteiger partial charge in [0.25, 0.3) is 5.91 Å². The van der Waals surface area contributed by atoms with Crippen LogP contribution in [0.25, 0.3) is 0 Å². The first-order chi connectivity index (χ1) is 8.99. The largest absolute Gasteiger partial charge is 0.321 e. The van der Waals surface area contributed by atoms with E-state index in [0.29, 0.717) is 10.7 Å². The highest BCUT2D eigenvalue weighted by molar-refractivity contribution is 14.1. The molecule has 2 aromatic carbocycles. The molecule has 0 aliphatic carbocycles. The third-order valence-corrected chi connectivity index (χ3v) is 3.74. The average molecular weight is 410 g/mol. The average Bonchev–Trinajstić information content (AvgIpc) is 2.36. The molecule has 2 aromatic rings. The summed E-state index contributed by atoms with van der Waals surface area (Å²) < 4.78 is 14.2. The highest BCUT2D eigenvalue weighted by Crippen LogP contribution is 2.26. The fourth-order valence-corrected chi connectivity index (χ4v) is 2.57. The van der Waals surface area contributed by atoms with Crippen LogP contribution in [0.15, 0.2) is 36.4 Å². The molecule has 6 heteroatoms. The number of hydrogen-bond acceptors (Lipinski definition) is 1. The van der Waals surface area contributed by atoms with Gasteiger partial charge < -0.3 is 5.32 Å². The van der Waals surface area contributed by atoms with Gasteiger partial charge in [-0.25, -0.2) is 4.39 Å². The van der Waals surface area contributed by atoms with E-state index in [2.05, 4.69) is 27.9 Å². The van der Waals surface area contributed by atoms with Crippen molar-refractivity contribution in [3.05, 3.63) is 61.4 Å². The summed E-state index contributed by atoms with van der Waals surface area (Å²) in [5.74, 6) is -1.14. The van der Waals surface area contributed by atoms with Crippen molar-refractivity contribution >= 4 is 57.4 Å². The van der Waals surface area contributed by atoms with Crippen LogP contribution in [0, 0.1) is 9.39 Å². The lowest BCUT2D eigenvalue weighted by atomic mass is 10.2. The van der Waals surface area contributed by atoms with E-state index < -0.39 is 11.7 Å². The van der Waals surface area contributed by atoms with Gasteiger partial charge in [-0.05, 0) is 52.9 Å². The Balaban J connectivity index is 2.28. The number of halogens is 4. The number of amides is 1. The van der Waals surface area contributed by atoms with Crippen LogP contribution < -0.4 is 5.32 Å². The van der Waals surface area contributed by atoms with E-state index in [0.717, 1.165) is 3.57 Å². The van der Waals surface area contributed by atoms with Gasteiger partial charge in [0, 0.05) is 3.57 Å². The molecule has 0 saturated heterocycles. The summed E-state index contributed by atoms with van der Waals surface area (Å²) in [6.45, 7) is 0. The number of benzene rings is 2. The maximum Gasteiger partial charge on any atom is 0.257 e. The van der Waals surface area contributed by atoms with E-state index in [9.17, 15) is 9.18 Å². The number of hydrogen-bond donors (Lipinski definition) is 1. The first-order valence-electron chi connectivity index (χ1n) is 5.19. The fourth-order valence-electron chi connectivity index (χ4n) is 1.46. The Morgan fingerprint density at radius 1 is 1.21 bits per heavy atom. The summed E-state index contributed by atoms with van der Waals surface area (Å²) in [5, 5.41) is 2.80. The Hall–Kier alpha value is -0.850. The van der Waals surface area contributed by atoms with Crippen LogP contribution in [-0.2, 0) is 0 Å². The van der Waals surface area contributed by atoms with Crippen molar-refractivity contribution in [1.82, 2.24) is 0 Å². The number of anilines is 1. The lowest BCUT2D eigenvalue weighted by Gasteiger charge is -2.09. The molecule has 0 unspecified atom stereocenters. The summed E-state index contributed by atoms with van der Waals surface area (Å²) >= 11 is 13.9. The highest BCUT2D eigenvalue weighted by atomic mass is 127. The third kappa shape index (κ3) is 3.38. The van der Waals surface area contributed by atoms with Crippen LogP contribution in [0.5, 0.6) is 0 Å².